The van der Waals surface area contributed by atoms with Crippen LogP contribution in [0.2, 0.25) is 0 Å². The standard InChI is InChI=1S/C16H19N5O3/c1-16(15(23)24)7-2-8-20(10-16)14(22)9-12-3-5-13(6-4-12)21-11-17-18-19-21/h3-6,11H,2,7-10H2,1H3,(H,23,24). The number of rotatable bonds is 4. The lowest BCUT2D eigenvalue weighted by Gasteiger charge is -2.37. The first kappa shape index (κ1) is 16.1. The smallest absolute Gasteiger partial charge is 0.311 e. The SMILES string of the molecule is CC1(C(=O)O)CCCN(C(=O)Cc2ccc(-n3cnnn3)cc2)C1. The number of nitrogens with zero attached hydrogens (tertiary/aromatic N) is 5. The summed E-state index contributed by atoms with van der Waals surface area (Å²) in [6.07, 6.45) is 3.08. The minimum Gasteiger partial charge on any atom is -0.481 e. The van der Waals surface area contributed by atoms with Gasteiger partial charge in [-0.1, -0.05) is 12.1 Å². The first-order chi connectivity index (χ1) is 11.5. The zero-order valence-electron chi connectivity index (χ0n) is 13.4. The molecule has 8 nitrogen and oxygen atoms in total. The van der Waals surface area contributed by atoms with Crippen LogP contribution in [0.1, 0.15) is 25.3 Å². The van der Waals surface area contributed by atoms with Gasteiger partial charge in [0, 0.05) is 13.1 Å². The molecule has 1 fully saturated rings. The van der Waals surface area contributed by atoms with Gasteiger partial charge in [0.1, 0.15) is 6.33 Å². The second kappa shape index (κ2) is 6.38. The second-order valence-electron chi connectivity index (χ2n) is 6.38. The number of hydrogen-bond donors (Lipinski definition) is 1. The van der Waals surface area contributed by atoms with E-state index >= 15 is 0 Å². The molecule has 0 spiro atoms. The van der Waals surface area contributed by atoms with Gasteiger partial charge < -0.3 is 10.0 Å². The minimum absolute atomic E-state index is 0.0441. The highest BCUT2D eigenvalue weighted by molar-refractivity contribution is 5.81. The predicted octanol–water partition coefficient (Wildman–Crippen LogP) is 0.918. The van der Waals surface area contributed by atoms with E-state index in [9.17, 15) is 14.7 Å². The summed E-state index contributed by atoms with van der Waals surface area (Å²) in [7, 11) is 0. The van der Waals surface area contributed by atoms with Crippen molar-refractivity contribution in [2.45, 2.75) is 26.2 Å². The fourth-order valence-corrected chi connectivity index (χ4v) is 2.96. The molecule has 24 heavy (non-hydrogen) atoms. The lowest BCUT2D eigenvalue weighted by molar-refractivity contribution is -0.153. The number of aliphatic carboxylic acids is 1. The van der Waals surface area contributed by atoms with Crippen LogP contribution in [0.4, 0.5) is 0 Å². The summed E-state index contributed by atoms with van der Waals surface area (Å²) in [5, 5.41) is 20.3. The van der Waals surface area contributed by atoms with E-state index in [0.29, 0.717) is 19.4 Å². The van der Waals surface area contributed by atoms with E-state index in [0.717, 1.165) is 11.3 Å². The Labute approximate surface area is 139 Å². The summed E-state index contributed by atoms with van der Waals surface area (Å²) in [5.74, 6) is -0.886. The van der Waals surface area contributed by atoms with Crippen LogP contribution in [-0.2, 0) is 16.0 Å². The van der Waals surface area contributed by atoms with E-state index in [1.807, 2.05) is 24.3 Å². The van der Waals surface area contributed by atoms with E-state index in [-0.39, 0.29) is 18.9 Å². The Morgan fingerprint density at radius 1 is 1.29 bits per heavy atom. The highest BCUT2D eigenvalue weighted by Crippen LogP contribution is 2.30. The van der Waals surface area contributed by atoms with Gasteiger partial charge in [-0.05, 0) is 47.9 Å². The molecule has 8 heteroatoms. The van der Waals surface area contributed by atoms with Crippen molar-refractivity contribution in [2.24, 2.45) is 5.41 Å². The molecule has 0 bridgehead atoms. The van der Waals surface area contributed by atoms with Gasteiger partial charge in [-0.2, -0.15) is 0 Å². The highest BCUT2D eigenvalue weighted by atomic mass is 16.4. The van der Waals surface area contributed by atoms with Gasteiger partial charge in [-0.15, -0.1) is 5.10 Å². The molecule has 1 aromatic carbocycles. The van der Waals surface area contributed by atoms with Crippen LogP contribution in [0.15, 0.2) is 30.6 Å². The van der Waals surface area contributed by atoms with Gasteiger partial charge in [0.15, 0.2) is 0 Å². The summed E-state index contributed by atoms with van der Waals surface area (Å²) >= 11 is 0. The Morgan fingerprint density at radius 2 is 2.04 bits per heavy atom. The third kappa shape index (κ3) is 3.27. The Balaban J connectivity index is 1.65. The van der Waals surface area contributed by atoms with Gasteiger partial charge >= 0.3 is 5.97 Å². The fourth-order valence-electron chi connectivity index (χ4n) is 2.96. The average molecular weight is 329 g/mol. The molecule has 1 unspecified atom stereocenters. The minimum atomic E-state index is -0.849. The number of tetrazole rings is 1. The zero-order valence-corrected chi connectivity index (χ0v) is 13.4. The molecule has 2 heterocycles. The molecule has 1 aromatic heterocycles. The van der Waals surface area contributed by atoms with Gasteiger partial charge in [0.25, 0.3) is 0 Å². The maximum Gasteiger partial charge on any atom is 0.311 e. The van der Waals surface area contributed by atoms with Crippen LogP contribution in [0.25, 0.3) is 5.69 Å². The molecular weight excluding hydrogens is 310 g/mol. The van der Waals surface area contributed by atoms with Crippen LogP contribution in [0.3, 0.4) is 0 Å². The molecule has 0 aliphatic carbocycles. The molecule has 1 atom stereocenters. The first-order valence-corrected chi connectivity index (χ1v) is 7.81. The Hall–Kier alpha value is -2.77. The van der Waals surface area contributed by atoms with Crippen molar-refractivity contribution in [1.82, 2.24) is 25.1 Å². The van der Waals surface area contributed by atoms with E-state index in [1.54, 1.807) is 11.8 Å². The van der Waals surface area contributed by atoms with E-state index in [4.69, 9.17) is 0 Å². The number of piperidine rings is 1. The quantitative estimate of drug-likeness (QED) is 0.895. The van der Waals surface area contributed by atoms with Crippen LogP contribution >= 0.6 is 0 Å². The maximum atomic E-state index is 12.5. The number of carboxylic acid groups (broad SMARTS) is 1. The van der Waals surface area contributed by atoms with Crippen molar-refractivity contribution < 1.29 is 14.7 Å². The number of benzene rings is 1. The number of carbonyl (C=O) groups excluding carboxylic acids is 1. The molecule has 3 rings (SSSR count). The summed E-state index contributed by atoms with van der Waals surface area (Å²) in [6.45, 7) is 2.59. The van der Waals surface area contributed by atoms with Gasteiger partial charge in [-0.3, -0.25) is 9.59 Å². The summed E-state index contributed by atoms with van der Waals surface area (Å²) in [4.78, 5) is 25.5. The molecule has 1 amide bonds. The third-order valence-corrected chi connectivity index (χ3v) is 4.47. The maximum absolute atomic E-state index is 12.5. The molecule has 0 saturated carbocycles. The molecule has 2 aromatic rings. The van der Waals surface area contributed by atoms with Gasteiger partial charge in [0.05, 0.1) is 17.5 Å². The number of carbonyl (C=O) groups is 2. The summed E-state index contributed by atoms with van der Waals surface area (Å²) in [6, 6.07) is 7.40. The predicted molar refractivity (Wildman–Crippen MR) is 84.4 cm³/mol. The monoisotopic (exact) mass is 329 g/mol. The van der Waals surface area contributed by atoms with E-state index in [1.165, 1.54) is 11.0 Å². The van der Waals surface area contributed by atoms with Gasteiger partial charge in [0.2, 0.25) is 5.91 Å². The average Bonchev–Trinajstić information content (AvgIpc) is 3.10. The van der Waals surface area contributed by atoms with Crippen molar-refractivity contribution in [3.63, 3.8) is 0 Å². The highest BCUT2D eigenvalue weighted by Gasteiger charge is 2.39. The van der Waals surface area contributed by atoms with Crippen molar-refractivity contribution in [3.05, 3.63) is 36.2 Å². The largest absolute Gasteiger partial charge is 0.481 e. The lowest BCUT2D eigenvalue weighted by Crippen LogP contribution is -2.48. The first-order valence-electron chi connectivity index (χ1n) is 7.81. The van der Waals surface area contributed by atoms with Crippen molar-refractivity contribution in [2.75, 3.05) is 13.1 Å². The summed E-state index contributed by atoms with van der Waals surface area (Å²) < 4.78 is 1.54. The molecule has 1 saturated heterocycles. The summed E-state index contributed by atoms with van der Waals surface area (Å²) in [5.41, 5.74) is 0.838. The molecule has 1 aliphatic rings. The van der Waals surface area contributed by atoms with Crippen LogP contribution < -0.4 is 0 Å². The van der Waals surface area contributed by atoms with Crippen molar-refractivity contribution in [1.29, 1.82) is 0 Å². The Kier molecular flexibility index (Phi) is 4.28. The molecule has 1 N–H and O–H groups in total. The Bertz CT molecular complexity index is 729. The molecular formula is C16H19N5O3. The topological polar surface area (TPSA) is 101 Å². The number of carboxylic acids is 1. The molecule has 1 aliphatic heterocycles. The molecule has 0 radical (unpaired) electrons. The van der Waals surface area contributed by atoms with Crippen LogP contribution in [0, 0.1) is 5.41 Å². The van der Waals surface area contributed by atoms with Crippen molar-refractivity contribution >= 4 is 11.9 Å². The fraction of sp³-hybridized carbons (Fsp3) is 0.438. The zero-order chi connectivity index (χ0) is 17.2. The Morgan fingerprint density at radius 3 is 2.67 bits per heavy atom. The van der Waals surface area contributed by atoms with E-state index < -0.39 is 11.4 Å². The van der Waals surface area contributed by atoms with Crippen molar-refractivity contribution in [3.8, 4) is 5.69 Å². The second-order valence-corrected chi connectivity index (χ2v) is 6.38. The van der Waals surface area contributed by atoms with E-state index in [2.05, 4.69) is 15.5 Å². The van der Waals surface area contributed by atoms with Crippen LogP contribution in [-0.4, -0.2) is 55.2 Å². The van der Waals surface area contributed by atoms with Gasteiger partial charge in [-0.25, -0.2) is 4.68 Å². The normalized spacial score (nSPS) is 20.8. The lowest BCUT2D eigenvalue weighted by atomic mass is 9.82. The number of amides is 1. The van der Waals surface area contributed by atoms with Crippen LogP contribution in [0.5, 0.6) is 0 Å². The molecule has 126 valence electrons. The number of hydrogen-bond acceptors (Lipinski definition) is 5. The number of likely N-dealkylation sites (tertiary alicyclic amines) is 1. The number of aromatic nitrogens is 4. The third-order valence-electron chi connectivity index (χ3n) is 4.47.